The van der Waals surface area contributed by atoms with E-state index in [9.17, 15) is 10.1 Å². The van der Waals surface area contributed by atoms with Crippen LogP contribution in [0.15, 0.2) is 12.1 Å². The molecule has 1 aromatic rings. The van der Waals surface area contributed by atoms with Crippen molar-refractivity contribution in [1.82, 2.24) is 0 Å². The zero-order valence-corrected chi connectivity index (χ0v) is 8.67. The number of anilines is 1. The van der Waals surface area contributed by atoms with E-state index in [0.717, 1.165) is 0 Å². The number of nitro groups is 1. The molecule has 0 unspecified atom stereocenters. The van der Waals surface area contributed by atoms with Crippen LogP contribution >= 0.6 is 0 Å². The van der Waals surface area contributed by atoms with Crippen LogP contribution in [0.5, 0.6) is 11.5 Å². The predicted molar refractivity (Wildman–Crippen MR) is 56.6 cm³/mol. The molecular formula is C9H12N2O5. The maximum Gasteiger partial charge on any atom is 0.314 e. The number of rotatable bonds is 5. The van der Waals surface area contributed by atoms with Gasteiger partial charge in [-0.3, -0.25) is 10.1 Å². The second-order valence-electron chi connectivity index (χ2n) is 2.89. The molecule has 0 amide bonds. The third kappa shape index (κ3) is 2.51. The lowest BCUT2D eigenvalue weighted by Crippen LogP contribution is -2.05. The molecule has 0 spiro atoms. The topological polar surface area (TPSA) is 108 Å². The van der Waals surface area contributed by atoms with Crippen LogP contribution in [0, 0.1) is 10.1 Å². The third-order valence-electron chi connectivity index (χ3n) is 1.86. The number of hydrogen-bond donors (Lipinski definition) is 2. The molecule has 7 heteroatoms. The first kappa shape index (κ1) is 12.1. The minimum atomic E-state index is -0.603. The first-order valence-electron chi connectivity index (χ1n) is 4.45. The van der Waals surface area contributed by atoms with Crippen LogP contribution in [-0.2, 0) is 0 Å². The van der Waals surface area contributed by atoms with Crippen molar-refractivity contribution < 1.29 is 19.5 Å². The lowest BCUT2D eigenvalue weighted by atomic mass is 10.2. The summed E-state index contributed by atoms with van der Waals surface area (Å²) in [5.41, 5.74) is 5.57. The molecular weight excluding hydrogens is 216 g/mol. The van der Waals surface area contributed by atoms with Gasteiger partial charge in [0.2, 0.25) is 0 Å². The number of nitrogens with two attached hydrogens (primary N) is 1. The molecule has 1 aromatic carbocycles. The molecule has 0 saturated heterocycles. The quantitative estimate of drug-likeness (QED) is 0.433. The Bertz CT molecular complexity index is 394. The molecule has 0 bridgehead atoms. The van der Waals surface area contributed by atoms with Crippen molar-refractivity contribution in [2.75, 3.05) is 26.1 Å². The van der Waals surface area contributed by atoms with Crippen molar-refractivity contribution in [3.63, 3.8) is 0 Å². The van der Waals surface area contributed by atoms with Crippen LogP contribution < -0.4 is 15.2 Å². The Morgan fingerprint density at radius 1 is 1.50 bits per heavy atom. The minimum absolute atomic E-state index is 0.0114. The maximum absolute atomic E-state index is 10.7. The van der Waals surface area contributed by atoms with Gasteiger partial charge in [-0.15, -0.1) is 0 Å². The molecule has 0 aliphatic heterocycles. The minimum Gasteiger partial charge on any atom is -0.494 e. The first-order chi connectivity index (χ1) is 7.60. The van der Waals surface area contributed by atoms with Crippen LogP contribution in [0.4, 0.5) is 11.4 Å². The summed E-state index contributed by atoms with van der Waals surface area (Å²) in [4.78, 5) is 10.1. The fourth-order valence-electron chi connectivity index (χ4n) is 1.16. The average Bonchev–Trinajstić information content (AvgIpc) is 2.25. The van der Waals surface area contributed by atoms with Gasteiger partial charge < -0.3 is 20.3 Å². The van der Waals surface area contributed by atoms with Gasteiger partial charge in [0.15, 0.2) is 5.75 Å². The van der Waals surface area contributed by atoms with Gasteiger partial charge in [-0.2, -0.15) is 0 Å². The number of nitrogen functional groups attached to an aromatic ring is 1. The monoisotopic (exact) mass is 228 g/mol. The lowest BCUT2D eigenvalue weighted by molar-refractivity contribution is -0.385. The molecule has 7 nitrogen and oxygen atoms in total. The summed E-state index contributed by atoms with van der Waals surface area (Å²) < 4.78 is 9.86. The van der Waals surface area contributed by atoms with Gasteiger partial charge in [0.25, 0.3) is 0 Å². The Hall–Kier alpha value is -2.02. The van der Waals surface area contributed by atoms with Crippen LogP contribution in [0.3, 0.4) is 0 Å². The van der Waals surface area contributed by atoms with E-state index in [1.54, 1.807) is 0 Å². The molecule has 0 radical (unpaired) electrons. The van der Waals surface area contributed by atoms with Crippen molar-refractivity contribution in [1.29, 1.82) is 0 Å². The molecule has 0 heterocycles. The first-order valence-corrected chi connectivity index (χ1v) is 4.45. The van der Waals surface area contributed by atoms with Gasteiger partial charge in [-0.1, -0.05) is 0 Å². The fraction of sp³-hybridized carbons (Fsp3) is 0.333. The van der Waals surface area contributed by atoms with Crippen molar-refractivity contribution in [3.8, 4) is 11.5 Å². The lowest BCUT2D eigenvalue weighted by Gasteiger charge is -2.09. The number of benzene rings is 1. The summed E-state index contributed by atoms with van der Waals surface area (Å²) in [6.45, 7) is -0.268. The zero-order chi connectivity index (χ0) is 12.1. The SMILES string of the molecule is COc1cc([N+](=O)[O-])c(OCCO)cc1N. The average molecular weight is 228 g/mol. The fourth-order valence-corrected chi connectivity index (χ4v) is 1.16. The summed E-state index contributed by atoms with van der Waals surface area (Å²) in [6.07, 6.45) is 0. The highest BCUT2D eigenvalue weighted by Gasteiger charge is 2.18. The number of hydrogen-bond acceptors (Lipinski definition) is 6. The Morgan fingerprint density at radius 3 is 2.69 bits per heavy atom. The second kappa shape index (κ2) is 5.17. The number of methoxy groups -OCH3 is 1. The van der Waals surface area contributed by atoms with Crippen LogP contribution in [0.25, 0.3) is 0 Å². The van der Waals surface area contributed by atoms with E-state index in [1.165, 1.54) is 19.2 Å². The standard InChI is InChI=1S/C9H12N2O5/c1-15-8-5-7(11(13)14)9(4-6(8)10)16-3-2-12/h4-5,12H,2-3,10H2,1H3. The van der Waals surface area contributed by atoms with Gasteiger partial charge in [0, 0.05) is 6.07 Å². The number of ether oxygens (including phenoxy) is 2. The highest BCUT2D eigenvalue weighted by Crippen LogP contribution is 2.35. The van der Waals surface area contributed by atoms with Crippen molar-refractivity contribution in [3.05, 3.63) is 22.2 Å². The molecule has 0 aliphatic rings. The molecule has 0 aliphatic carbocycles. The van der Waals surface area contributed by atoms with E-state index in [4.69, 9.17) is 20.3 Å². The van der Waals surface area contributed by atoms with Gasteiger partial charge in [0.05, 0.1) is 30.4 Å². The second-order valence-corrected chi connectivity index (χ2v) is 2.89. The van der Waals surface area contributed by atoms with Gasteiger partial charge in [-0.25, -0.2) is 0 Å². The van der Waals surface area contributed by atoms with E-state index in [1.807, 2.05) is 0 Å². The largest absolute Gasteiger partial charge is 0.494 e. The third-order valence-corrected chi connectivity index (χ3v) is 1.86. The maximum atomic E-state index is 10.7. The van der Waals surface area contributed by atoms with Crippen molar-refractivity contribution >= 4 is 11.4 Å². The van der Waals surface area contributed by atoms with E-state index < -0.39 is 4.92 Å². The highest BCUT2D eigenvalue weighted by atomic mass is 16.6. The number of nitrogens with zero attached hydrogens (tertiary/aromatic N) is 1. The summed E-state index contributed by atoms with van der Waals surface area (Å²) >= 11 is 0. The van der Waals surface area contributed by atoms with E-state index in [2.05, 4.69) is 0 Å². The van der Waals surface area contributed by atoms with Crippen molar-refractivity contribution in [2.45, 2.75) is 0 Å². The van der Waals surface area contributed by atoms with Crippen LogP contribution in [0.2, 0.25) is 0 Å². The smallest absolute Gasteiger partial charge is 0.314 e. The molecule has 88 valence electrons. The molecule has 0 atom stereocenters. The molecule has 0 fully saturated rings. The Kier molecular flexibility index (Phi) is 3.90. The number of aliphatic hydroxyl groups excluding tert-OH is 1. The molecule has 0 saturated carbocycles. The van der Waals surface area contributed by atoms with Gasteiger partial charge in [-0.05, 0) is 0 Å². The molecule has 16 heavy (non-hydrogen) atoms. The zero-order valence-electron chi connectivity index (χ0n) is 8.67. The normalized spacial score (nSPS) is 9.88. The molecule has 1 rings (SSSR count). The van der Waals surface area contributed by atoms with Crippen LogP contribution in [-0.4, -0.2) is 30.4 Å². The Labute approximate surface area is 91.5 Å². The van der Waals surface area contributed by atoms with Gasteiger partial charge in [0.1, 0.15) is 12.4 Å². The summed E-state index contributed by atoms with van der Waals surface area (Å²) in [5.74, 6) is 0.223. The summed E-state index contributed by atoms with van der Waals surface area (Å²) in [5, 5.41) is 19.3. The molecule has 3 N–H and O–H groups in total. The summed E-state index contributed by atoms with van der Waals surface area (Å²) in [6, 6.07) is 2.48. The van der Waals surface area contributed by atoms with Crippen LogP contribution in [0.1, 0.15) is 0 Å². The summed E-state index contributed by atoms with van der Waals surface area (Å²) in [7, 11) is 1.36. The Balaban J connectivity index is 3.14. The van der Waals surface area contributed by atoms with E-state index in [0.29, 0.717) is 0 Å². The number of aliphatic hydroxyl groups is 1. The van der Waals surface area contributed by atoms with E-state index >= 15 is 0 Å². The van der Waals surface area contributed by atoms with E-state index in [-0.39, 0.29) is 36.1 Å². The predicted octanol–water partition coefficient (Wildman–Crippen LogP) is 0.557. The number of nitro benzene ring substituents is 1. The van der Waals surface area contributed by atoms with Gasteiger partial charge >= 0.3 is 5.69 Å². The van der Waals surface area contributed by atoms with Crippen molar-refractivity contribution in [2.24, 2.45) is 0 Å². The highest BCUT2D eigenvalue weighted by molar-refractivity contribution is 5.64. The Morgan fingerprint density at radius 2 is 2.19 bits per heavy atom. The molecule has 0 aromatic heterocycles.